The van der Waals surface area contributed by atoms with Gasteiger partial charge in [0.05, 0.1) is 5.39 Å². The van der Waals surface area contributed by atoms with Gasteiger partial charge in [0, 0.05) is 47.6 Å². The number of anilines is 2. The molecule has 36 heavy (non-hydrogen) atoms. The van der Waals surface area contributed by atoms with Crippen LogP contribution in [0.1, 0.15) is 34.7 Å². The Hall–Kier alpha value is -2.97. The summed E-state index contributed by atoms with van der Waals surface area (Å²) < 4.78 is 0.947. The van der Waals surface area contributed by atoms with Gasteiger partial charge >= 0.3 is 6.03 Å². The molecule has 0 bridgehead atoms. The van der Waals surface area contributed by atoms with Crippen molar-refractivity contribution in [1.29, 1.82) is 0 Å². The van der Waals surface area contributed by atoms with Gasteiger partial charge in [-0.25, -0.2) is 14.8 Å². The molecule has 8 heteroatoms. The Balaban J connectivity index is 1.25. The Morgan fingerprint density at radius 3 is 2.58 bits per heavy atom. The number of halogens is 1. The van der Waals surface area contributed by atoms with Crippen LogP contribution in [-0.2, 0) is 19.3 Å². The van der Waals surface area contributed by atoms with Crippen LogP contribution in [-0.4, -0.2) is 47.1 Å². The normalized spacial score (nSPS) is 15.7. The van der Waals surface area contributed by atoms with Crippen LogP contribution in [0.15, 0.2) is 59.1 Å². The number of aromatic nitrogens is 2. The molecule has 1 aliphatic heterocycles. The first-order valence-electron chi connectivity index (χ1n) is 12.6. The molecule has 1 fully saturated rings. The molecule has 0 spiro atoms. The number of carbonyl (C=O) groups excluding carboxylic acids is 1. The fraction of sp³-hybridized carbons (Fsp3) is 0.321. The minimum atomic E-state index is -0.0572. The van der Waals surface area contributed by atoms with E-state index in [0.29, 0.717) is 13.1 Å². The number of nitrogens with one attached hydrogen (secondary N) is 1. The molecule has 1 aliphatic carbocycles. The quantitative estimate of drug-likeness (QED) is 0.318. The lowest BCUT2D eigenvalue weighted by Crippen LogP contribution is -2.50. The van der Waals surface area contributed by atoms with Gasteiger partial charge < -0.3 is 15.1 Å². The van der Waals surface area contributed by atoms with Crippen LogP contribution in [0.4, 0.5) is 16.3 Å². The van der Waals surface area contributed by atoms with Crippen molar-refractivity contribution in [3.05, 3.63) is 80.9 Å². The van der Waals surface area contributed by atoms with Crippen molar-refractivity contribution in [2.45, 2.75) is 32.1 Å². The van der Waals surface area contributed by atoms with E-state index in [1.807, 2.05) is 46.6 Å². The number of rotatable bonds is 4. The Morgan fingerprint density at radius 2 is 1.78 bits per heavy atom. The number of thiophene rings is 1. The third kappa shape index (κ3) is 4.84. The van der Waals surface area contributed by atoms with E-state index < -0.39 is 0 Å². The van der Waals surface area contributed by atoms with Crippen molar-refractivity contribution in [2.75, 3.05) is 36.4 Å². The van der Waals surface area contributed by atoms with Gasteiger partial charge in [0.25, 0.3) is 0 Å². The monoisotopic (exact) mass is 561 g/mol. The maximum absolute atomic E-state index is 12.9. The molecular weight excluding hydrogens is 534 g/mol. The zero-order valence-corrected chi connectivity index (χ0v) is 22.4. The zero-order valence-electron chi connectivity index (χ0n) is 20.0. The van der Waals surface area contributed by atoms with Crippen LogP contribution in [0.25, 0.3) is 10.2 Å². The van der Waals surface area contributed by atoms with Gasteiger partial charge in [-0.1, -0.05) is 52.3 Å². The van der Waals surface area contributed by atoms with Gasteiger partial charge in [0.2, 0.25) is 0 Å². The number of hydrogen-bond acceptors (Lipinski definition) is 5. The fourth-order valence-corrected chi connectivity index (χ4v) is 6.83. The molecule has 3 heterocycles. The minimum absolute atomic E-state index is 0.0572. The summed E-state index contributed by atoms with van der Waals surface area (Å²) in [6, 6.07) is 18.1. The predicted octanol–water partition coefficient (Wildman–Crippen LogP) is 6.28. The second-order valence-corrected chi connectivity index (χ2v) is 11.4. The van der Waals surface area contributed by atoms with Crippen molar-refractivity contribution in [2.24, 2.45) is 0 Å². The van der Waals surface area contributed by atoms with Gasteiger partial charge in [-0.15, -0.1) is 11.3 Å². The van der Waals surface area contributed by atoms with Crippen molar-refractivity contribution >= 4 is 55.0 Å². The van der Waals surface area contributed by atoms with Crippen LogP contribution >= 0.6 is 27.3 Å². The topological polar surface area (TPSA) is 61.4 Å². The fourth-order valence-electron chi connectivity index (χ4n) is 5.16. The predicted molar refractivity (Wildman–Crippen MR) is 150 cm³/mol. The molecule has 2 aromatic carbocycles. The maximum atomic E-state index is 12.9. The zero-order chi connectivity index (χ0) is 24.5. The van der Waals surface area contributed by atoms with Gasteiger partial charge in [-0.3, -0.25) is 0 Å². The van der Waals surface area contributed by atoms with E-state index in [9.17, 15) is 4.79 Å². The summed E-state index contributed by atoms with van der Waals surface area (Å²) >= 11 is 5.32. The molecule has 184 valence electrons. The maximum Gasteiger partial charge on any atom is 0.321 e. The minimum Gasteiger partial charge on any atom is -0.352 e. The third-order valence-corrected chi connectivity index (χ3v) is 8.67. The average Bonchev–Trinajstić information content (AvgIpc) is 3.27. The second kappa shape index (κ2) is 10.2. The summed E-state index contributed by atoms with van der Waals surface area (Å²) in [6.45, 7) is 2.83. The molecular formula is C28H28BrN5OS. The largest absolute Gasteiger partial charge is 0.352 e. The molecule has 0 radical (unpaired) electrons. The molecule has 6 nitrogen and oxygen atoms in total. The second-order valence-electron chi connectivity index (χ2n) is 9.43. The number of fused-ring (bicyclic) bond motifs is 3. The van der Waals surface area contributed by atoms with Crippen molar-refractivity contribution in [3.8, 4) is 0 Å². The summed E-state index contributed by atoms with van der Waals surface area (Å²) in [5.41, 5.74) is 3.47. The molecule has 2 aromatic heterocycles. The molecule has 0 atom stereocenters. The van der Waals surface area contributed by atoms with Crippen LogP contribution in [0, 0.1) is 0 Å². The number of nitrogens with zero attached hydrogens (tertiary/aromatic N) is 4. The van der Waals surface area contributed by atoms with Crippen LogP contribution in [0.5, 0.6) is 0 Å². The summed E-state index contributed by atoms with van der Waals surface area (Å²) in [6.07, 6.45) is 5.46. The highest BCUT2D eigenvalue weighted by Crippen LogP contribution is 2.40. The van der Waals surface area contributed by atoms with E-state index in [-0.39, 0.29) is 6.03 Å². The molecule has 0 unspecified atom stereocenters. The summed E-state index contributed by atoms with van der Waals surface area (Å²) in [4.78, 5) is 29.9. The van der Waals surface area contributed by atoms with Gasteiger partial charge in [0.15, 0.2) is 0 Å². The molecule has 1 saturated heterocycles. The lowest BCUT2D eigenvalue weighted by Gasteiger charge is -2.36. The molecule has 6 rings (SSSR count). The Labute approximate surface area is 223 Å². The molecule has 1 N–H and O–H groups in total. The molecule has 0 saturated carbocycles. The van der Waals surface area contributed by atoms with Crippen LogP contribution in [0.3, 0.4) is 0 Å². The summed E-state index contributed by atoms with van der Waals surface area (Å²) in [7, 11) is 0. The van der Waals surface area contributed by atoms with E-state index >= 15 is 0 Å². The Morgan fingerprint density at radius 1 is 0.972 bits per heavy atom. The lowest BCUT2D eigenvalue weighted by atomic mass is 9.96. The lowest BCUT2D eigenvalue weighted by molar-refractivity contribution is 0.208. The first kappa shape index (κ1) is 23.4. The highest BCUT2D eigenvalue weighted by atomic mass is 79.9. The van der Waals surface area contributed by atoms with Crippen molar-refractivity contribution < 1.29 is 4.79 Å². The van der Waals surface area contributed by atoms with Gasteiger partial charge in [-0.05, 0) is 55.0 Å². The average molecular weight is 563 g/mol. The number of piperazine rings is 1. The SMILES string of the molecule is O=C(Nc1cccc(Br)c1)N1CCN(c2nc(Cc3ccccc3)nc3sc4c(c23)CCCC4)CC1. The summed E-state index contributed by atoms with van der Waals surface area (Å²) in [5, 5.41) is 4.27. The van der Waals surface area contributed by atoms with Crippen LogP contribution in [0.2, 0.25) is 0 Å². The van der Waals surface area contributed by atoms with Crippen molar-refractivity contribution in [1.82, 2.24) is 14.9 Å². The molecule has 2 amide bonds. The number of urea groups is 1. The van der Waals surface area contributed by atoms with E-state index in [4.69, 9.17) is 9.97 Å². The van der Waals surface area contributed by atoms with Gasteiger partial charge in [-0.2, -0.15) is 0 Å². The smallest absolute Gasteiger partial charge is 0.321 e. The molecule has 2 aliphatic rings. The standard InChI is InChI=1S/C28H28BrN5OS/c29-20-9-6-10-21(18-20)30-28(35)34-15-13-33(14-16-34)26-25-22-11-4-5-12-23(22)36-27(25)32-24(31-26)17-19-7-2-1-3-8-19/h1-3,6-10,18H,4-5,11-17H2,(H,30,35). The van der Waals surface area contributed by atoms with Crippen molar-refractivity contribution in [3.63, 3.8) is 0 Å². The highest BCUT2D eigenvalue weighted by molar-refractivity contribution is 9.10. The number of hydrogen-bond donors (Lipinski definition) is 1. The number of carbonyl (C=O) groups is 1. The Kier molecular flexibility index (Phi) is 6.63. The molecule has 4 aromatic rings. The number of benzene rings is 2. The van der Waals surface area contributed by atoms with E-state index in [2.05, 4.69) is 50.4 Å². The Bertz CT molecular complexity index is 1400. The van der Waals surface area contributed by atoms with E-state index in [1.165, 1.54) is 34.2 Å². The number of aryl methyl sites for hydroxylation is 2. The van der Waals surface area contributed by atoms with E-state index in [0.717, 1.165) is 59.0 Å². The first-order chi connectivity index (χ1) is 17.6. The highest BCUT2D eigenvalue weighted by Gasteiger charge is 2.27. The van der Waals surface area contributed by atoms with E-state index in [1.54, 1.807) is 0 Å². The van der Waals surface area contributed by atoms with Crippen LogP contribution < -0.4 is 10.2 Å². The van der Waals surface area contributed by atoms with Gasteiger partial charge in [0.1, 0.15) is 16.5 Å². The third-order valence-electron chi connectivity index (χ3n) is 6.99. The summed E-state index contributed by atoms with van der Waals surface area (Å²) in [5.74, 6) is 1.93. The first-order valence-corrected chi connectivity index (χ1v) is 14.2. The number of amides is 2.